The molecule has 1 N–H and O–H groups in total. The largest absolute Gasteiger partial charge is 0.416 e. The van der Waals surface area contributed by atoms with Crippen LogP contribution in [0.1, 0.15) is 97.0 Å². The second kappa shape index (κ2) is 11.9. The smallest absolute Gasteiger partial charge is 0.376 e. The molecule has 1 aromatic rings. The van der Waals surface area contributed by atoms with E-state index in [9.17, 15) is 22.8 Å². The Morgan fingerprint density at radius 3 is 1.72 bits per heavy atom. The van der Waals surface area contributed by atoms with E-state index in [4.69, 9.17) is 9.05 Å². The number of hydrogen-bond acceptors (Lipinski definition) is 4. The van der Waals surface area contributed by atoms with Crippen molar-refractivity contribution in [3.8, 4) is 0 Å². The van der Waals surface area contributed by atoms with Crippen LogP contribution in [-0.4, -0.2) is 17.3 Å². The first-order chi connectivity index (χ1) is 16.7. The number of aliphatic hydroxyl groups is 1. The van der Waals surface area contributed by atoms with Gasteiger partial charge in [-0.25, -0.2) is 0 Å². The number of halogens is 3. The molecule has 2 fully saturated rings. The summed E-state index contributed by atoms with van der Waals surface area (Å²) in [5.74, 6) is -0.691. The van der Waals surface area contributed by atoms with E-state index in [1.165, 1.54) is 18.2 Å². The number of alkyl halides is 3. The summed E-state index contributed by atoms with van der Waals surface area (Å²) >= 11 is 0. The van der Waals surface area contributed by atoms with Crippen LogP contribution in [0.4, 0.5) is 13.2 Å². The highest BCUT2D eigenvalue weighted by Gasteiger charge is 2.48. The fraction of sp³-hybridized carbons (Fsp3) is 0.786. The first-order valence-electron chi connectivity index (χ1n) is 13.5. The molecule has 2 aliphatic carbocycles. The lowest BCUT2D eigenvalue weighted by molar-refractivity contribution is -0.138. The third-order valence-electron chi connectivity index (χ3n) is 8.33. The lowest BCUT2D eigenvalue weighted by Crippen LogP contribution is -2.37. The molecule has 0 amide bonds. The third kappa shape index (κ3) is 6.95. The molecule has 3 rings (SSSR count). The summed E-state index contributed by atoms with van der Waals surface area (Å²) in [5.41, 5.74) is -1.47. The molecule has 0 bridgehead atoms. The van der Waals surface area contributed by atoms with Crippen molar-refractivity contribution in [1.82, 2.24) is 0 Å². The fourth-order valence-electron chi connectivity index (χ4n) is 6.14. The average molecular weight is 533 g/mol. The molecule has 36 heavy (non-hydrogen) atoms. The quantitative estimate of drug-likeness (QED) is 0.340. The van der Waals surface area contributed by atoms with Crippen LogP contribution in [-0.2, 0) is 19.8 Å². The Kier molecular flexibility index (Phi) is 9.80. The van der Waals surface area contributed by atoms with E-state index < -0.39 is 43.0 Å². The zero-order valence-electron chi connectivity index (χ0n) is 22.5. The first kappa shape index (κ1) is 29.7. The molecule has 4 nitrogen and oxygen atoms in total. The molecule has 0 aromatic heterocycles. The monoisotopic (exact) mass is 532 g/mol. The van der Waals surface area contributed by atoms with Crippen LogP contribution >= 0.6 is 7.60 Å². The number of aliphatic hydroxyl groups excluding tert-OH is 1. The van der Waals surface area contributed by atoms with Crippen LogP contribution in [0.15, 0.2) is 24.3 Å². The SMILES string of the molecule is CC(C)[C@H]1CC[C@H](C)C[C@H]1OP(=O)(O[C@@H]1C[C@@H](C)CC[C@@H]1C(C)C)[C@H](O)c1ccccc1C(F)(F)F. The van der Waals surface area contributed by atoms with Crippen molar-refractivity contribution in [3.05, 3.63) is 35.4 Å². The van der Waals surface area contributed by atoms with Gasteiger partial charge in [0, 0.05) is 5.56 Å². The van der Waals surface area contributed by atoms with Crippen LogP contribution < -0.4 is 0 Å². The summed E-state index contributed by atoms with van der Waals surface area (Å²) < 4.78 is 68.8. The zero-order chi connectivity index (χ0) is 26.8. The summed E-state index contributed by atoms with van der Waals surface area (Å²) in [5, 5.41) is 11.4. The molecule has 0 heterocycles. The van der Waals surface area contributed by atoms with Gasteiger partial charge in [-0.2, -0.15) is 13.2 Å². The van der Waals surface area contributed by atoms with Crippen LogP contribution in [0.5, 0.6) is 0 Å². The Morgan fingerprint density at radius 2 is 1.31 bits per heavy atom. The van der Waals surface area contributed by atoms with Crippen molar-refractivity contribution >= 4 is 7.60 Å². The minimum atomic E-state index is -4.71. The Labute approximate surface area is 214 Å². The molecule has 8 heteroatoms. The van der Waals surface area contributed by atoms with Crippen molar-refractivity contribution in [1.29, 1.82) is 0 Å². The summed E-state index contributed by atoms with van der Waals surface area (Å²) in [4.78, 5) is 0. The predicted molar refractivity (Wildman–Crippen MR) is 136 cm³/mol. The summed E-state index contributed by atoms with van der Waals surface area (Å²) in [6.45, 7) is 12.5. The molecular formula is C28H44F3O4P. The molecular weight excluding hydrogens is 488 g/mol. The van der Waals surface area contributed by atoms with Gasteiger partial charge in [-0.15, -0.1) is 0 Å². The summed E-state index contributed by atoms with van der Waals surface area (Å²) in [6.07, 6.45) is -0.538. The van der Waals surface area contributed by atoms with Crippen molar-refractivity contribution in [2.24, 2.45) is 35.5 Å². The maximum atomic E-state index is 14.6. The highest BCUT2D eigenvalue weighted by molar-refractivity contribution is 7.54. The van der Waals surface area contributed by atoms with Crippen LogP contribution in [0.2, 0.25) is 0 Å². The molecule has 0 unspecified atom stereocenters. The zero-order valence-corrected chi connectivity index (χ0v) is 23.4. The van der Waals surface area contributed by atoms with Gasteiger partial charge >= 0.3 is 13.8 Å². The second-order valence-corrected chi connectivity index (χ2v) is 13.9. The number of hydrogen-bond donors (Lipinski definition) is 1. The Hall–Kier alpha value is -0.880. The van der Waals surface area contributed by atoms with Gasteiger partial charge in [0.1, 0.15) is 0 Å². The molecule has 0 saturated heterocycles. The fourth-order valence-corrected chi connectivity index (χ4v) is 8.23. The molecule has 0 aliphatic heterocycles. The molecule has 7 atom stereocenters. The van der Waals surface area contributed by atoms with E-state index >= 15 is 0 Å². The number of benzene rings is 1. The van der Waals surface area contributed by atoms with E-state index in [2.05, 4.69) is 41.5 Å². The lowest BCUT2D eigenvalue weighted by atomic mass is 9.75. The summed E-state index contributed by atoms with van der Waals surface area (Å²) in [7, 11) is -4.42. The Bertz CT molecular complexity index is 865. The van der Waals surface area contributed by atoms with Crippen LogP contribution in [0.3, 0.4) is 0 Å². The van der Waals surface area contributed by atoms with E-state index in [1.807, 2.05) is 0 Å². The van der Waals surface area contributed by atoms with Gasteiger partial charge in [-0.05, 0) is 67.3 Å². The Morgan fingerprint density at radius 1 is 0.861 bits per heavy atom. The van der Waals surface area contributed by atoms with E-state index in [1.54, 1.807) is 0 Å². The molecule has 0 radical (unpaired) electrons. The second-order valence-electron chi connectivity index (χ2n) is 11.9. The van der Waals surface area contributed by atoms with Crippen molar-refractivity contribution < 1.29 is 31.9 Å². The minimum Gasteiger partial charge on any atom is -0.376 e. The van der Waals surface area contributed by atoms with Gasteiger partial charge in [-0.1, -0.05) is 72.6 Å². The molecule has 206 valence electrons. The topological polar surface area (TPSA) is 55.8 Å². The van der Waals surface area contributed by atoms with Crippen molar-refractivity contribution in [3.63, 3.8) is 0 Å². The normalized spacial score (nSPS) is 31.1. The highest BCUT2D eigenvalue weighted by Crippen LogP contribution is 2.65. The standard InChI is InChI=1S/C28H44F3O4P/c1-17(2)21-13-11-19(5)15-25(21)34-36(33,35-26-16-20(6)12-14-22(26)18(3)4)27(32)23-9-7-8-10-24(23)28(29,30)31/h7-10,17-22,25-27,32H,11-16H2,1-6H3/t19-,20-,21+,22+,25+,26+,27-/m0/s1. The Balaban J connectivity index is 2.04. The molecule has 0 spiro atoms. The van der Waals surface area contributed by atoms with Gasteiger partial charge in [0.15, 0.2) is 5.85 Å². The van der Waals surface area contributed by atoms with Crippen molar-refractivity contribution in [2.45, 2.75) is 104 Å². The molecule has 2 aliphatic rings. The van der Waals surface area contributed by atoms with Gasteiger partial charge in [-0.3, -0.25) is 4.57 Å². The van der Waals surface area contributed by atoms with Crippen molar-refractivity contribution in [2.75, 3.05) is 0 Å². The van der Waals surface area contributed by atoms with Crippen LogP contribution in [0.25, 0.3) is 0 Å². The maximum Gasteiger partial charge on any atom is 0.416 e. The summed E-state index contributed by atoms with van der Waals surface area (Å²) in [6, 6.07) is 4.76. The molecule has 2 saturated carbocycles. The number of rotatable bonds is 8. The minimum absolute atomic E-state index is 0.0920. The lowest BCUT2D eigenvalue weighted by Gasteiger charge is -2.42. The third-order valence-corrected chi connectivity index (χ3v) is 10.3. The van der Waals surface area contributed by atoms with Gasteiger partial charge in [0.2, 0.25) is 0 Å². The van der Waals surface area contributed by atoms with E-state index in [0.717, 1.165) is 31.7 Å². The van der Waals surface area contributed by atoms with E-state index in [0.29, 0.717) is 24.7 Å². The first-order valence-corrected chi connectivity index (χ1v) is 15.1. The predicted octanol–water partition coefficient (Wildman–Crippen LogP) is 8.84. The highest BCUT2D eigenvalue weighted by atomic mass is 31.2. The molecule has 1 aromatic carbocycles. The van der Waals surface area contributed by atoms with Gasteiger partial charge in [0.25, 0.3) is 0 Å². The van der Waals surface area contributed by atoms with E-state index in [-0.39, 0.29) is 23.7 Å². The van der Waals surface area contributed by atoms with Gasteiger partial charge < -0.3 is 14.2 Å². The van der Waals surface area contributed by atoms with Crippen LogP contribution in [0, 0.1) is 35.5 Å². The average Bonchev–Trinajstić information content (AvgIpc) is 2.77. The maximum absolute atomic E-state index is 14.6. The van der Waals surface area contributed by atoms with Gasteiger partial charge in [0.05, 0.1) is 17.8 Å².